The van der Waals surface area contributed by atoms with Crippen LogP contribution in [0.15, 0.2) is 24.3 Å². The molecule has 4 nitrogen and oxygen atoms in total. The van der Waals surface area contributed by atoms with Gasteiger partial charge in [0.2, 0.25) is 0 Å². The fourth-order valence-corrected chi connectivity index (χ4v) is 3.00. The van der Waals surface area contributed by atoms with E-state index in [1.165, 1.54) is 0 Å². The first-order chi connectivity index (χ1) is 7.11. The first kappa shape index (κ1) is 10.6. The van der Waals surface area contributed by atoms with Gasteiger partial charge in [0.05, 0.1) is 11.6 Å². The summed E-state index contributed by atoms with van der Waals surface area (Å²) in [4.78, 5) is 29.5. The van der Waals surface area contributed by atoms with Crippen LogP contribution in [0.4, 0.5) is 0 Å². The zero-order valence-electron chi connectivity index (χ0n) is 7.87. The summed E-state index contributed by atoms with van der Waals surface area (Å²) in [7, 11) is -2.20. The number of aliphatic carboxylic acids is 1. The molecule has 2 unspecified atom stereocenters. The molecule has 2 rings (SSSR count). The van der Waals surface area contributed by atoms with Crippen molar-refractivity contribution in [3.8, 4) is 0 Å². The number of fused-ring (bicyclic) bond motifs is 1. The molecule has 15 heavy (non-hydrogen) atoms. The third kappa shape index (κ3) is 1.76. The van der Waals surface area contributed by atoms with Gasteiger partial charge < -0.3 is 14.9 Å². The van der Waals surface area contributed by atoms with Crippen molar-refractivity contribution in [2.75, 3.05) is 0 Å². The smallest absolute Gasteiger partial charge is 0.311 e. The molecule has 0 heterocycles. The minimum Gasteiger partial charge on any atom is -0.481 e. The zero-order valence-corrected chi connectivity index (χ0v) is 8.76. The third-order valence-corrected chi connectivity index (χ3v) is 3.84. The minimum atomic E-state index is -2.20. The lowest BCUT2D eigenvalue weighted by Crippen LogP contribution is -2.20. The SMILES string of the molecule is O=C(O)C1c2ccccc2CC1P(O)O. The van der Waals surface area contributed by atoms with E-state index in [0.29, 0.717) is 12.0 Å². The number of carboxylic acid groups (broad SMARTS) is 1. The van der Waals surface area contributed by atoms with E-state index in [4.69, 9.17) is 5.11 Å². The maximum Gasteiger partial charge on any atom is 0.311 e. The van der Waals surface area contributed by atoms with Crippen molar-refractivity contribution in [3.63, 3.8) is 0 Å². The van der Waals surface area contributed by atoms with Crippen LogP contribution in [0.25, 0.3) is 0 Å². The van der Waals surface area contributed by atoms with Gasteiger partial charge in [0.25, 0.3) is 0 Å². The van der Waals surface area contributed by atoms with Crippen molar-refractivity contribution >= 4 is 14.3 Å². The Balaban J connectivity index is 2.42. The molecule has 80 valence electrons. The van der Waals surface area contributed by atoms with E-state index in [1.54, 1.807) is 12.1 Å². The van der Waals surface area contributed by atoms with Crippen LogP contribution < -0.4 is 0 Å². The second kappa shape index (κ2) is 3.89. The summed E-state index contributed by atoms with van der Waals surface area (Å²) in [6.45, 7) is 0. The average molecular weight is 226 g/mol. The second-order valence-electron chi connectivity index (χ2n) is 3.61. The molecule has 5 heteroatoms. The third-order valence-electron chi connectivity index (χ3n) is 2.77. The van der Waals surface area contributed by atoms with Gasteiger partial charge in [-0.15, -0.1) is 0 Å². The molecule has 0 amide bonds. The molecule has 0 aliphatic heterocycles. The Morgan fingerprint density at radius 3 is 2.60 bits per heavy atom. The van der Waals surface area contributed by atoms with Crippen LogP contribution >= 0.6 is 8.38 Å². The maximum atomic E-state index is 11.1. The van der Waals surface area contributed by atoms with E-state index in [0.717, 1.165) is 5.56 Å². The van der Waals surface area contributed by atoms with Crippen molar-refractivity contribution in [1.82, 2.24) is 0 Å². The maximum absolute atomic E-state index is 11.1. The normalized spacial score (nSPS) is 24.2. The van der Waals surface area contributed by atoms with Gasteiger partial charge >= 0.3 is 5.97 Å². The van der Waals surface area contributed by atoms with E-state index < -0.39 is 25.9 Å². The molecular weight excluding hydrogens is 215 g/mol. The van der Waals surface area contributed by atoms with E-state index in [1.807, 2.05) is 12.1 Å². The molecule has 3 N–H and O–H groups in total. The van der Waals surface area contributed by atoms with Crippen LogP contribution in [0.1, 0.15) is 17.0 Å². The van der Waals surface area contributed by atoms with Crippen molar-refractivity contribution in [2.45, 2.75) is 18.0 Å². The molecule has 0 fully saturated rings. The van der Waals surface area contributed by atoms with Gasteiger partial charge in [-0.05, 0) is 17.5 Å². The Morgan fingerprint density at radius 2 is 2.00 bits per heavy atom. The summed E-state index contributed by atoms with van der Waals surface area (Å²) in [5, 5.41) is 9.07. The number of hydrogen-bond donors (Lipinski definition) is 3. The molecule has 0 saturated heterocycles. The van der Waals surface area contributed by atoms with E-state index in [2.05, 4.69) is 0 Å². The molecule has 0 saturated carbocycles. The average Bonchev–Trinajstić information content (AvgIpc) is 2.56. The van der Waals surface area contributed by atoms with Crippen LogP contribution in [0.2, 0.25) is 0 Å². The lowest BCUT2D eigenvalue weighted by Gasteiger charge is -2.16. The van der Waals surface area contributed by atoms with Gasteiger partial charge in [-0.2, -0.15) is 0 Å². The van der Waals surface area contributed by atoms with Gasteiger partial charge in [-0.1, -0.05) is 24.3 Å². The van der Waals surface area contributed by atoms with Crippen LogP contribution in [-0.4, -0.2) is 26.5 Å². The fraction of sp³-hybridized carbons (Fsp3) is 0.300. The minimum absolute atomic E-state index is 0.436. The number of hydrogen-bond acceptors (Lipinski definition) is 3. The lowest BCUT2D eigenvalue weighted by molar-refractivity contribution is -0.138. The number of benzene rings is 1. The summed E-state index contributed by atoms with van der Waals surface area (Å²) in [6, 6.07) is 7.18. The Labute approximate surface area is 88.1 Å². The highest BCUT2D eigenvalue weighted by molar-refractivity contribution is 7.46. The summed E-state index contributed by atoms with van der Waals surface area (Å²) in [6.07, 6.45) is 0.436. The zero-order chi connectivity index (χ0) is 11.0. The van der Waals surface area contributed by atoms with E-state index in [-0.39, 0.29) is 0 Å². The van der Waals surface area contributed by atoms with Crippen LogP contribution in [0.5, 0.6) is 0 Å². The van der Waals surface area contributed by atoms with Crippen LogP contribution in [0, 0.1) is 0 Å². The van der Waals surface area contributed by atoms with Gasteiger partial charge in [0.15, 0.2) is 8.38 Å². The summed E-state index contributed by atoms with van der Waals surface area (Å²) in [5.74, 6) is -1.76. The Bertz CT molecular complexity index is 391. The predicted octanol–water partition coefficient (Wildman–Crippen LogP) is 1.08. The topological polar surface area (TPSA) is 77.8 Å². The molecule has 0 spiro atoms. The fourth-order valence-electron chi connectivity index (χ4n) is 2.09. The summed E-state index contributed by atoms with van der Waals surface area (Å²) < 4.78 is 0. The van der Waals surface area contributed by atoms with Crippen molar-refractivity contribution in [3.05, 3.63) is 35.4 Å². The highest BCUT2D eigenvalue weighted by Crippen LogP contribution is 2.48. The lowest BCUT2D eigenvalue weighted by atomic mass is 10.0. The first-order valence-corrected chi connectivity index (χ1v) is 5.90. The van der Waals surface area contributed by atoms with Gasteiger partial charge in [0.1, 0.15) is 0 Å². The Morgan fingerprint density at radius 1 is 1.33 bits per heavy atom. The van der Waals surface area contributed by atoms with E-state index >= 15 is 0 Å². The molecule has 1 aliphatic rings. The standard InChI is InChI=1S/C10H11O4P/c11-10(12)9-7-4-2-1-3-6(7)5-8(9)15(13)14/h1-4,8-9,13-14H,5H2,(H,11,12). The molecule has 0 aromatic heterocycles. The monoisotopic (exact) mass is 226 g/mol. The highest BCUT2D eigenvalue weighted by atomic mass is 31.2. The largest absolute Gasteiger partial charge is 0.481 e. The Kier molecular flexibility index (Phi) is 2.74. The molecular formula is C10H11O4P. The van der Waals surface area contributed by atoms with Gasteiger partial charge in [0, 0.05) is 0 Å². The molecule has 1 aliphatic carbocycles. The van der Waals surface area contributed by atoms with Crippen LogP contribution in [0.3, 0.4) is 0 Å². The van der Waals surface area contributed by atoms with Crippen molar-refractivity contribution in [2.24, 2.45) is 0 Å². The molecule has 1 aromatic carbocycles. The molecule has 1 aromatic rings. The predicted molar refractivity (Wildman–Crippen MR) is 55.7 cm³/mol. The first-order valence-electron chi connectivity index (χ1n) is 4.59. The van der Waals surface area contributed by atoms with Crippen LogP contribution in [-0.2, 0) is 11.2 Å². The Hall–Kier alpha value is -0.960. The molecule has 0 bridgehead atoms. The quantitative estimate of drug-likeness (QED) is 0.659. The number of carboxylic acids is 1. The number of rotatable bonds is 2. The summed E-state index contributed by atoms with van der Waals surface area (Å²) >= 11 is 0. The second-order valence-corrected chi connectivity index (χ2v) is 4.91. The van der Waals surface area contributed by atoms with E-state index in [9.17, 15) is 14.6 Å². The van der Waals surface area contributed by atoms with Crippen molar-refractivity contribution < 1.29 is 19.7 Å². The van der Waals surface area contributed by atoms with Crippen molar-refractivity contribution in [1.29, 1.82) is 0 Å². The molecule has 2 atom stereocenters. The molecule has 0 radical (unpaired) electrons. The van der Waals surface area contributed by atoms with Gasteiger partial charge in [-0.3, -0.25) is 4.79 Å². The summed E-state index contributed by atoms with van der Waals surface area (Å²) in [5.41, 5.74) is 1.05. The van der Waals surface area contributed by atoms with Gasteiger partial charge in [-0.25, -0.2) is 0 Å². The highest BCUT2D eigenvalue weighted by Gasteiger charge is 2.41. The number of carbonyl (C=O) groups is 1.